The van der Waals surface area contributed by atoms with Gasteiger partial charge in [-0.05, 0) is 30.5 Å². The van der Waals surface area contributed by atoms with E-state index in [0.29, 0.717) is 13.0 Å². The topological polar surface area (TPSA) is 20.3 Å². The summed E-state index contributed by atoms with van der Waals surface area (Å²) < 4.78 is 1.07. The van der Waals surface area contributed by atoms with Crippen LogP contribution in [-0.2, 0) is 10.3 Å². The highest BCUT2D eigenvalue weighted by Crippen LogP contribution is 2.53. The van der Waals surface area contributed by atoms with Gasteiger partial charge in [-0.2, -0.15) is 0 Å². The van der Waals surface area contributed by atoms with Crippen LogP contribution in [-0.4, -0.2) is 17.4 Å². The fourth-order valence-electron chi connectivity index (χ4n) is 2.83. The number of likely N-dealkylation sites (tertiary alicyclic amines) is 1. The van der Waals surface area contributed by atoms with Crippen LogP contribution in [0.15, 0.2) is 28.7 Å². The molecule has 92 valence electrons. The number of hydrogen-bond donors (Lipinski definition) is 0. The second kappa shape index (κ2) is 4.13. The van der Waals surface area contributed by atoms with E-state index >= 15 is 0 Å². The molecule has 1 aliphatic carbocycles. The van der Waals surface area contributed by atoms with Crippen molar-refractivity contribution in [1.82, 2.24) is 4.90 Å². The monoisotopic (exact) mass is 303 g/mol. The van der Waals surface area contributed by atoms with E-state index in [1.165, 1.54) is 5.56 Å². The fourth-order valence-corrected chi connectivity index (χ4v) is 3.09. The zero-order chi connectivity index (χ0) is 12.8. The van der Waals surface area contributed by atoms with Crippen molar-refractivity contribution in [2.24, 2.45) is 5.92 Å². The van der Waals surface area contributed by atoms with Gasteiger partial charge in [0.05, 0.1) is 5.54 Å². The van der Waals surface area contributed by atoms with E-state index in [1.807, 2.05) is 17.0 Å². The summed E-state index contributed by atoms with van der Waals surface area (Å²) in [7, 11) is 0. The Labute approximate surface area is 115 Å². The highest BCUT2D eigenvalue weighted by atomic mass is 79.9. The first-order valence-corrected chi connectivity index (χ1v) is 6.98. The smallest absolute Gasteiger partial charge is 0.224 e. The molecule has 0 N–H and O–H groups in total. The molecule has 1 atom stereocenters. The van der Waals surface area contributed by atoms with Crippen molar-refractivity contribution >= 4 is 21.8 Å². The minimum Gasteiger partial charge on any atom is -0.332 e. The summed E-state index contributed by atoms with van der Waals surface area (Å²) in [4.78, 5) is 14.1. The number of carbonyl (C=O) groups is 1. The Balaban J connectivity index is 1.90. The van der Waals surface area contributed by atoms with E-state index in [4.69, 9.17) is 6.42 Å². The Morgan fingerprint density at radius 1 is 1.33 bits per heavy atom. The summed E-state index contributed by atoms with van der Waals surface area (Å²) in [5.74, 6) is 3.01. The summed E-state index contributed by atoms with van der Waals surface area (Å²) in [5.41, 5.74) is 1.17. The Kier molecular flexibility index (Phi) is 2.71. The third-order valence-electron chi connectivity index (χ3n) is 3.98. The van der Waals surface area contributed by atoms with Gasteiger partial charge >= 0.3 is 0 Å². The van der Waals surface area contributed by atoms with Crippen LogP contribution in [0.25, 0.3) is 0 Å². The van der Waals surface area contributed by atoms with Crippen LogP contribution in [0.4, 0.5) is 0 Å². The van der Waals surface area contributed by atoms with Crippen molar-refractivity contribution < 1.29 is 4.79 Å². The lowest BCUT2D eigenvalue weighted by Crippen LogP contribution is -2.36. The molecule has 18 heavy (non-hydrogen) atoms. The molecule has 1 aromatic rings. The fraction of sp³-hybridized carbons (Fsp3) is 0.400. The van der Waals surface area contributed by atoms with E-state index in [2.05, 4.69) is 34.0 Å². The molecule has 1 aliphatic heterocycles. The van der Waals surface area contributed by atoms with Gasteiger partial charge in [-0.15, -0.1) is 12.3 Å². The summed E-state index contributed by atoms with van der Waals surface area (Å²) >= 11 is 3.44. The summed E-state index contributed by atoms with van der Waals surface area (Å²) in [6.07, 6.45) is 8.06. The van der Waals surface area contributed by atoms with Crippen LogP contribution in [0.2, 0.25) is 0 Å². The van der Waals surface area contributed by atoms with Gasteiger partial charge in [0.2, 0.25) is 5.91 Å². The molecule has 1 aromatic carbocycles. The van der Waals surface area contributed by atoms with Gasteiger partial charge in [0.1, 0.15) is 0 Å². The van der Waals surface area contributed by atoms with Crippen LogP contribution < -0.4 is 0 Å². The third-order valence-corrected chi connectivity index (χ3v) is 4.51. The molecule has 2 fully saturated rings. The number of hydrogen-bond acceptors (Lipinski definition) is 1. The number of nitrogens with zero attached hydrogens (tertiary/aromatic N) is 1. The summed E-state index contributed by atoms with van der Waals surface area (Å²) in [5, 5.41) is 0. The number of benzene rings is 1. The zero-order valence-corrected chi connectivity index (χ0v) is 11.6. The van der Waals surface area contributed by atoms with Crippen molar-refractivity contribution in [3.8, 4) is 12.3 Å². The predicted octanol–water partition coefficient (Wildman–Crippen LogP) is 2.92. The van der Waals surface area contributed by atoms with Crippen LogP contribution >= 0.6 is 15.9 Å². The van der Waals surface area contributed by atoms with E-state index in [-0.39, 0.29) is 17.4 Å². The van der Waals surface area contributed by atoms with Gasteiger partial charge in [-0.3, -0.25) is 4.79 Å². The molecule has 2 nitrogen and oxygen atoms in total. The number of terminal acetylenes is 1. The van der Waals surface area contributed by atoms with Crippen molar-refractivity contribution in [1.29, 1.82) is 0 Å². The molecule has 0 aromatic heterocycles. The molecule has 1 saturated carbocycles. The van der Waals surface area contributed by atoms with Crippen LogP contribution in [0, 0.1) is 18.3 Å². The Morgan fingerprint density at radius 3 is 2.50 bits per heavy atom. The largest absolute Gasteiger partial charge is 0.332 e. The lowest BCUT2D eigenvalue weighted by atomic mass is 10.0. The number of amides is 1. The van der Waals surface area contributed by atoms with Crippen molar-refractivity contribution in [3.05, 3.63) is 34.3 Å². The third kappa shape index (κ3) is 1.76. The summed E-state index contributed by atoms with van der Waals surface area (Å²) in [6, 6.07) is 8.28. The maximum Gasteiger partial charge on any atom is 0.224 e. The average Bonchev–Trinajstić information content (AvgIpc) is 3.08. The van der Waals surface area contributed by atoms with Gasteiger partial charge in [0.15, 0.2) is 0 Å². The Hall–Kier alpha value is -1.27. The molecule has 0 bridgehead atoms. The van der Waals surface area contributed by atoms with E-state index < -0.39 is 0 Å². The number of halogens is 1. The minimum atomic E-state index is -0.0661. The number of carbonyl (C=O) groups excluding carboxylic acids is 1. The molecule has 1 unspecified atom stereocenters. The highest BCUT2D eigenvalue weighted by Gasteiger charge is 2.53. The van der Waals surface area contributed by atoms with Crippen LogP contribution in [0.1, 0.15) is 24.8 Å². The van der Waals surface area contributed by atoms with Gasteiger partial charge < -0.3 is 4.90 Å². The molecule has 0 radical (unpaired) electrons. The van der Waals surface area contributed by atoms with Gasteiger partial charge in [0.25, 0.3) is 0 Å². The quantitative estimate of drug-likeness (QED) is 0.769. The molecular weight excluding hydrogens is 290 g/mol. The number of rotatable bonds is 2. The highest BCUT2D eigenvalue weighted by molar-refractivity contribution is 9.10. The first-order valence-electron chi connectivity index (χ1n) is 6.18. The predicted molar refractivity (Wildman–Crippen MR) is 73.7 cm³/mol. The molecule has 3 rings (SSSR count). The zero-order valence-electron chi connectivity index (χ0n) is 10.0. The second-order valence-corrected chi connectivity index (χ2v) is 6.03. The maximum absolute atomic E-state index is 12.1. The van der Waals surface area contributed by atoms with E-state index in [9.17, 15) is 4.79 Å². The van der Waals surface area contributed by atoms with Crippen molar-refractivity contribution in [3.63, 3.8) is 0 Å². The molecule has 2 aliphatic rings. The molecule has 3 heteroatoms. The summed E-state index contributed by atoms with van der Waals surface area (Å²) in [6.45, 7) is 0.714. The maximum atomic E-state index is 12.1. The lowest BCUT2D eigenvalue weighted by molar-refractivity contribution is -0.130. The second-order valence-electron chi connectivity index (χ2n) is 5.11. The minimum absolute atomic E-state index is 0.0661. The van der Waals surface area contributed by atoms with Crippen molar-refractivity contribution in [2.45, 2.75) is 24.8 Å². The Bertz CT molecular complexity index is 524. The van der Waals surface area contributed by atoms with Crippen LogP contribution in [0.3, 0.4) is 0 Å². The molecule has 1 saturated heterocycles. The van der Waals surface area contributed by atoms with E-state index in [1.54, 1.807) is 0 Å². The molecule has 1 amide bonds. The molecular formula is C15H14BrNO. The lowest BCUT2D eigenvalue weighted by Gasteiger charge is -2.28. The first kappa shape index (κ1) is 11.8. The molecule has 0 spiro atoms. The van der Waals surface area contributed by atoms with Crippen molar-refractivity contribution in [2.75, 3.05) is 6.54 Å². The Morgan fingerprint density at radius 2 is 2.00 bits per heavy atom. The van der Waals surface area contributed by atoms with Gasteiger partial charge in [-0.1, -0.05) is 28.1 Å². The molecule has 1 heterocycles. The van der Waals surface area contributed by atoms with Gasteiger partial charge in [0, 0.05) is 23.4 Å². The average molecular weight is 304 g/mol. The van der Waals surface area contributed by atoms with Gasteiger partial charge in [-0.25, -0.2) is 0 Å². The van der Waals surface area contributed by atoms with Crippen LogP contribution in [0.5, 0.6) is 0 Å². The normalized spacial score (nSPS) is 25.0. The SMILES string of the molecule is C#CC1CC(=O)N(C2(c3ccc(Br)cc3)CC2)C1. The first-order chi connectivity index (χ1) is 8.65. The van der Waals surface area contributed by atoms with E-state index in [0.717, 1.165) is 17.3 Å². The standard InChI is InChI=1S/C15H14BrNO/c1-2-11-9-14(18)17(10-11)15(7-8-15)12-3-5-13(16)6-4-12/h1,3-6,11H,7-10H2.